The van der Waals surface area contributed by atoms with Gasteiger partial charge in [-0.3, -0.25) is 9.59 Å². The maximum Gasteiger partial charge on any atom is 0.248 e. The molecule has 2 aliphatic heterocycles. The molecule has 0 atom stereocenters. The van der Waals surface area contributed by atoms with E-state index in [4.69, 9.17) is 14.2 Å². The predicted octanol–water partition coefficient (Wildman–Crippen LogP) is 4.33. The maximum atomic E-state index is 15.8. The molecule has 2 aromatic rings. The highest BCUT2D eigenvalue weighted by Crippen LogP contribution is 2.42. The smallest absolute Gasteiger partial charge is 0.248 e. The number of benzene rings is 2. The minimum absolute atomic E-state index is 0.0281. The molecule has 1 N–H and O–H groups in total. The van der Waals surface area contributed by atoms with Crippen molar-refractivity contribution in [2.45, 2.75) is 46.6 Å². The molecule has 43 heavy (non-hydrogen) atoms. The summed E-state index contributed by atoms with van der Waals surface area (Å²) < 4.78 is 37.1. The Morgan fingerprint density at radius 1 is 1.05 bits per heavy atom. The first-order chi connectivity index (χ1) is 20.5. The summed E-state index contributed by atoms with van der Waals surface area (Å²) >= 11 is 3.15. The molecule has 0 aromatic heterocycles. The molecular weight excluding hydrogens is 623 g/mol. The van der Waals surface area contributed by atoms with Crippen LogP contribution < -0.4 is 19.1 Å². The van der Waals surface area contributed by atoms with Gasteiger partial charge in [0.2, 0.25) is 5.91 Å². The number of piperazine rings is 1. The number of amidine groups is 1. The lowest BCUT2D eigenvalue weighted by molar-refractivity contribution is -0.134. The number of carbonyl (C=O) groups is 2. The van der Waals surface area contributed by atoms with Crippen molar-refractivity contribution in [3.63, 3.8) is 0 Å². The summed E-state index contributed by atoms with van der Waals surface area (Å²) in [7, 11) is 1.61. The van der Waals surface area contributed by atoms with Gasteiger partial charge in [0.15, 0.2) is 23.1 Å². The molecule has 2 heterocycles. The van der Waals surface area contributed by atoms with Crippen LogP contribution in [0.15, 0.2) is 22.2 Å². The Kier molecular flexibility index (Phi) is 10.2. The van der Waals surface area contributed by atoms with Gasteiger partial charge in [-0.2, -0.15) is 4.02 Å². The zero-order valence-electron chi connectivity index (χ0n) is 25.6. The summed E-state index contributed by atoms with van der Waals surface area (Å²) in [6.45, 7) is 12.0. The Bertz CT molecular complexity index is 1400. The lowest BCUT2D eigenvalue weighted by atomic mass is 9.84. The summed E-state index contributed by atoms with van der Waals surface area (Å²) in [6, 6.07) is 5.44. The molecule has 2 aromatic carbocycles. The SMILES string of the molecule is CCOc1cc2c(c(F)c1OCC)/C(=N/Br)N(CC(=O)c1cc(N3CCN(C(=O)CO)CC3)c(OC)c(C(C)(C)C)c1)C2. The number of fused-ring (bicyclic) bond motifs is 1. The topological polar surface area (TPSA) is 104 Å². The minimum Gasteiger partial charge on any atom is -0.494 e. The van der Waals surface area contributed by atoms with Gasteiger partial charge in [0.05, 0.1) is 54.3 Å². The largest absolute Gasteiger partial charge is 0.494 e. The van der Waals surface area contributed by atoms with Gasteiger partial charge in [-0.15, -0.1) is 0 Å². The highest BCUT2D eigenvalue weighted by atomic mass is 79.9. The normalized spacial score (nSPS) is 16.0. The molecule has 0 unspecified atom stereocenters. The van der Waals surface area contributed by atoms with Gasteiger partial charge in [0.1, 0.15) is 18.2 Å². The Labute approximate surface area is 260 Å². The van der Waals surface area contributed by atoms with Crippen molar-refractivity contribution in [3.05, 3.63) is 46.3 Å². The van der Waals surface area contributed by atoms with Crippen LogP contribution in [0, 0.1) is 5.82 Å². The van der Waals surface area contributed by atoms with Crippen LogP contribution in [0.5, 0.6) is 17.2 Å². The van der Waals surface area contributed by atoms with Gasteiger partial charge < -0.3 is 34.0 Å². The summed E-state index contributed by atoms with van der Waals surface area (Å²) in [5.41, 5.74) is 2.71. The van der Waals surface area contributed by atoms with Crippen LogP contribution in [-0.4, -0.2) is 92.1 Å². The molecular formula is C31H40BrFN4O6. The molecule has 0 saturated carbocycles. The van der Waals surface area contributed by atoms with Gasteiger partial charge in [-0.05, 0) is 43.0 Å². The third kappa shape index (κ3) is 6.59. The van der Waals surface area contributed by atoms with Crippen LogP contribution in [0.4, 0.5) is 10.1 Å². The van der Waals surface area contributed by atoms with Gasteiger partial charge >= 0.3 is 0 Å². The fourth-order valence-corrected chi connectivity index (χ4v) is 5.98. The average molecular weight is 664 g/mol. The first kappa shape index (κ1) is 32.5. The number of ketones is 1. The molecule has 4 rings (SSSR count). The maximum absolute atomic E-state index is 15.8. The molecule has 1 fully saturated rings. The molecule has 1 saturated heterocycles. The molecule has 10 nitrogen and oxygen atoms in total. The summed E-state index contributed by atoms with van der Waals surface area (Å²) in [5.74, 6) is 0.283. The highest BCUT2D eigenvalue weighted by Gasteiger charge is 2.35. The minimum atomic E-state index is -0.573. The lowest BCUT2D eigenvalue weighted by Gasteiger charge is -2.37. The zero-order valence-corrected chi connectivity index (χ0v) is 27.2. The van der Waals surface area contributed by atoms with Gasteiger partial charge in [-0.25, -0.2) is 4.39 Å². The highest BCUT2D eigenvalue weighted by molar-refractivity contribution is 9.08. The molecule has 1 amide bonds. The fourth-order valence-electron chi connectivity index (χ4n) is 5.57. The van der Waals surface area contributed by atoms with E-state index in [1.807, 2.05) is 19.1 Å². The van der Waals surface area contributed by atoms with Gasteiger partial charge in [0, 0.05) is 43.9 Å². The average Bonchev–Trinajstić information content (AvgIpc) is 3.34. The van der Waals surface area contributed by atoms with Crippen molar-refractivity contribution in [3.8, 4) is 17.2 Å². The Hall–Kier alpha value is -3.38. The number of methoxy groups -OCH3 is 1. The molecule has 0 aliphatic carbocycles. The molecule has 234 valence electrons. The van der Waals surface area contributed by atoms with Crippen LogP contribution in [0.25, 0.3) is 0 Å². The van der Waals surface area contributed by atoms with Gasteiger partial charge in [0.25, 0.3) is 0 Å². The molecule has 0 spiro atoms. The number of amides is 1. The monoisotopic (exact) mass is 662 g/mol. The van der Waals surface area contributed by atoms with Crippen LogP contribution >= 0.6 is 16.1 Å². The number of anilines is 1. The van der Waals surface area contributed by atoms with Crippen molar-refractivity contribution in [1.29, 1.82) is 0 Å². The Morgan fingerprint density at radius 2 is 1.72 bits per heavy atom. The van der Waals surface area contributed by atoms with Crippen molar-refractivity contribution in [2.24, 2.45) is 4.02 Å². The number of aliphatic hydroxyl groups excluding tert-OH is 1. The number of ether oxygens (including phenoxy) is 3. The zero-order chi connectivity index (χ0) is 31.5. The van der Waals surface area contributed by atoms with E-state index >= 15 is 4.39 Å². The number of nitrogens with zero attached hydrogens (tertiary/aromatic N) is 4. The first-order valence-corrected chi connectivity index (χ1v) is 15.1. The number of rotatable bonds is 10. The molecule has 0 radical (unpaired) electrons. The van der Waals surface area contributed by atoms with Crippen LogP contribution in [-0.2, 0) is 16.8 Å². The van der Waals surface area contributed by atoms with Crippen molar-refractivity contribution in [2.75, 3.05) is 64.6 Å². The Morgan fingerprint density at radius 3 is 2.28 bits per heavy atom. The van der Waals surface area contributed by atoms with Crippen LogP contribution in [0.1, 0.15) is 61.7 Å². The van der Waals surface area contributed by atoms with E-state index in [-0.39, 0.29) is 48.1 Å². The quantitative estimate of drug-likeness (QED) is 0.375. The van der Waals surface area contributed by atoms with E-state index in [2.05, 4.69) is 45.8 Å². The lowest BCUT2D eigenvalue weighted by Crippen LogP contribution is -2.49. The van der Waals surface area contributed by atoms with Gasteiger partial charge in [-0.1, -0.05) is 20.8 Å². The van der Waals surface area contributed by atoms with E-state index in [9.17, 15) is 14.7 Å². The second-order valence-electron chi connectivity index (χ2n) is 11.5. The van der Waals surface area contributed by atoms with E-state index in [0.717, 1.165) is 11.3 Å². The second-order valence-corrected chi connectivity index (χ2v) is 11.8. The van der Waals surface area contributed by atoms with E-state index in [0.29, 0.717) is 61.2 Å². The van der Waals surface area contributed by atoms with E-state index in [1.165, 1.54) is 0 Å². The van der Waals surface area contributed by atoms with E-state index < -0.39 is 12.4 Å². The first-order valence-electron chi connectivity index (χ1n) is 14.4. The third-order valence-corrected chi connectivity index (χ3v) is 8.00. The number of Topliss-reactive ketones (excluding diaryl/α,β-unsaturated/α-hetero) is 1. The van der Waals surface area contributed by atoms with E-state index in [1.54, 1.807) is 29.9 Å². The fraction of sp³-hybridized carbons (Fsp3) is 0.516. The van der Waals surface area contributed by atoms with Crippen molar-refractivity contribution in [1.82, 2.24) is 9.80 Å². The number of carbonyl (C=O) groups excluding carboxylic acids is 2. The van der Waals surface area contributed by atoms with Crippen LogP contribution in [0.3, 0.4) is 0 Å². The molecule has 2 aliphatic rings. The van der Waals surface area contributed by atoms with Crippen molar-refractivity contribution >= 4 is 39.4 Å². The Balaban J connectivity index is 1.68. The molecule has 0 bridgehead atoms. The van der Waals surface area contributed by atoms with Crippen LogP contribution in [0.2, 0.25) is 0 Å². The molecule has 12 heteroatoms. The number of halogens is 2. The third-order valence-electron chi connectivity index (χ3n) is 7.67. The number of hydrogen-bond donors (Lipinski definition) is 1. The van der Waals surface area contributed by atoms with Crippen molar-refractivity contribution < 1.29 is 33.3 Å². The summed E-state index contributed by atoms with van der Waals surface area (Å²) in [4.78, 5) is 31.4. The summed E-state index contributed by atoms with van der Waals surface area (Å²) in [5, 5.41) is 9.27. The number of hydrogen-bond acceptors (Lipinski definition) is 8. The summed E-state index contributed by atoms with van der Waals surface area (Å²) in [6.07, 6.45) is 0. The second kappa shape index (κ2) is 13.5. The predicted molar refractivity (Wildman–Crippen MR) is 167 cm³/mol. The number of aliphatic hydroxyl groups is 1. The standard InChI is InChI=1S/C31H40BrFN4O6/c1-7-42-24-15-20-16-37(30(34-32)26(20)27(33)29(24)43-8-2)17-23(39)19-13-21(31(3,4)5)28(41-6)22(14-19)35-9-11-36(12-10-35)25(40)18-38/h13-15,38H,7-12,16-18H2,1-6H3/b34-30-.